The van der Waals surface area contributed by atoms with E-state index in [0.29, 0.717) is 11.4 Å². The number of halogens is 3. The smallest absolute Gasteiger partial charge is 0.244 e. The Morgan fingerprint density at radius 1 is 1.00 bits per heavy atom. The second-order valence-corrected chi connectivity index (χ2v) is 11.4. The minimum absolute atomic E-state index is 0.0122. The van der Waals surface area contributed by atoms with E-state index in [4.69, 9.17) is 34.8 Å². The number of hydrogen-bond acceptors (Lipinski definition) is 4. The largest absolute Gasteiger partial charge is 0.352 e. The summed E-state index contributed by atoms with van der Waals surface area (Å²) in [4.78, 5) is 28.1. The maximum Gasteiger partial charge on any atom is 0.244 e. The molecule has 2 aromatic rings. The highest BCUT2D eigenvalue weighted by Gasteiger charge is 2.32. The number of amides is 2. The number of rotatable bonds is 11. The predicted octanol–water partition coefficient (Wildman–Crippen LogP) is 5.13. The van der Waals surface area contributed by atoms with Gasteiger partial charge in [-0.05, 0) is 49.6 Å². The molecule has 7 nitrogen and oxygen atoms in total. The normalized spacial score (nSPS) is 13.1. The molecule has 0 aromatic heterocycles. The molecule has 192 valence electrons. The number of benzene rings is 2. The SMILES string of the molecule is CC[C@@H](C)NC(=O)[C@@H](CC)N(Cc1ccc(Cl)cc1)C(=O)CN(c1cccc(Cl)c1Cl)S(C)(=O)=O. The maximum atomic E-state index is 13.6. The average Bonchev–Trinajstić information content (AvgIpc) is 2.79. The molecule has 2 rings (SSSR count). The third-order valence-electron chi connectivity index (χ3n) is 5.53. The van der Waals surface area contributed by atoms with Gasteiger partial charge in [-0.25, -0.2) is 8.42 Å². The van der Waals surface area contributed by atoms with Crippen molar-refractivity contribution in [3.8, 4) is 0 Å². The second-order valence-electron chi connectivity index (χ2n) is 8.23. The van der Waals surface area contributed by atoms with Crippen LogP contribution in [0.25, 0.3) is 0 Å². The van der Waals surface area contributed by atoms with E-state index in [1.165, 1.54) is 17.0 Å². The van der Waals surface area contributed by atoms with Crippen LogP contribution in [-0.2, 0) is 26.2 Å². The predicted molar refractivity (Wildman–Crippen MR) is 143 cm³/mol. The van der Waals surface area contributed by atoms with Crippen LogP contribution >= 0.6 is 34.8 Å². The molecule has 1 N–H and O–H groups in total. The molecule has 0 fully saturated rings. The van der Waals surface area contributed by atoms with Crippen LogP contribution in [0.4, 0.5) is 5.69 Å². The zero-order chi connectivity index (χ0) is 26.3. The van der Waals surface area contributed by atoms with Crippen molar-refractivity contribution >= 4 is 62.3 Å². The molecular weight excluding hydrogens is 533 g/mol. The molecule has 0 spiro atoms. The Labute approximate surface area is 222 Å². The van der Waals surface area contributed by atoms with Crippen LogP contribution in [0.5, 0.6) is 0 Å². The lowest BCUT2D eigenvalue weighted by molar-refractivity contribution is -0.140. The Morgan fingerprint density at radius 3 is 2.17 bits per heavy atom. The van der Waals surface area contributed by atoms with Crippen molar-refractivity contribution in [3.63, 3.8) is 0 Å². The van der Waals surface area contributed by atoms with Crippen molar-refractivity contribution in [2.75, 3.05) is 17.1 Å². The summed E-state index contributed by atoms with van der Waals surface area (Å²) in [6.07, 6.45) is 2.04. The van der Waals surface area contributed by atoms with Crippen molar-refractivity contribution < 1.29 is 18.0 Å². The Bertz CT molecular complexity index is 1140. The van der Waals surface area contributed by atoms with E-state index in [9.17, 15) is 18.0 Å². The molecule has 2 aromatic carbocycles. The van der Waals surface area contributed by atoms with Gasteiger partial charge in [0.1, 0.15) is 12.6 Å². The van der Waals surface area contributed by atoms with E-state index >= 15 is 0 Å². The fourth-order valence-corrected chi connectivity index (χ4v) is 4.85. The summed E-state index contributed by atoms with van der Waals surface area (Å²) in [5, 5.41) is 3.62. The first-order chi connectivity index (χ1) is 16.4. The van der Waals surface area contributed by atoms with Gasteiger partial charge in [0.05, 0.1) is 22.0 Å². The van der Waals surface area contributed by atoms with Gasteiger partial charge < -0.3 is 10.2 Å². The van der Waals surface area contributed by atoms with Gasteiger partial charge in [-0.1, -0.05) is 66.8 Å². The highest BCUT2D eigenvalue weighted by molar-refractivity contribution is 7.92. The summed E-state index contributed by atoms with van der Waals surface area (Å²) in [5.41, 5.74) is 0.822. The molecule has 2 amide bonds. The number of anilines is 1. The molecule has 0 aliphatic rings. The minimum Gasteiger partial charge on any atom is -0.352 e. The van der Waals surface area contributed by atoms with Gasteiger partial charge in [0.2, 0.25) is 21.8 Å². The molecule has 0 heterocycles. The second kappa shape index (κ2) is 12.8. The van der Waals surface area contributed by atoms with E-state index in [1.54, 1.807) is 37.3 Å². The Hall–Kier alpha value is -2.00. The van der Waals surface area contributed by atoms with E-state index < -0.39 is 28.5 Å². The van der Waals surface area contributed by atoms with E-state index in [2.05, 4.69) is 5.32 Å². The monoisotopic (exact) mass is 561 g/mol. The molecule has 0 aliphatic carbocycles. The van der Waals surface area contributed by atoms with E-state index in [1.807, 2.05) is 13.8 Å². The first kappa shape index (κ1) is 29.2. The van der Waals surface area contributed by atoms with Gasteiger partial charge in [0.25, 0.3) is 0 Å². The van der Waals surface area contributed by atoms with Crippen molar-refractivity contribution in [1.82, 2.24) is 10.2 Å². The quantitative estimate of drug-likeness (QED) is 0.411. The summed E-state index contributed by atoms with van der Waals surface area (Å²) in [6, 6.07) is 10.5. The number of nitrogens with zero attached hydrogens (tertiary/aromatic N) is 2. The molecule has 0 aliphatic heterocycles. The molecule has 2 atom stereocenters. The van der Waals surface area contributed by atoms with Crippen molar-refractivity contribution in [2.24, 2.45) is 0 Å². The van der Waals surface area contributed by atoms with Gasteiger partial charge >= 0.3 is 0 Å². The summed E-state index contributed by atoms with van der Waals surface area (Å²) in [6.45, 7) is 5.15. The summed E-state index contributed by atoms with van der Waals surface area (Å²) in [7, 11) is -3.92. The number of sulfonamides is 1. The van der Waals surface area contributed by atoms with Gasteiger partial charge in [-0.15, -0.1) is 0 Å². The molecule has 0 bridgehead atoms. The summed E-state index contributed by atoms with van der Waals surface area (Å²) in [5.74, 6) is -0.872. The van der Waals surface area contributed by atoms with Crippen LogP contribution < -0.4 is 9.62 Å². The third kappa shape index (κ3) is 8.00. The zero-order valence-corrected chi connectivity index (χ0v) is 23.2. The molecule has 0 saturated heterocycles. The number of hydrogen-bond donors (Lipinski definition) is 1. The van der Waals surface area contributed by atoms with Crippen molar-refractivity contribution in [2.45, 2.75) is 52.2 Å². The molecule has 11 heteroatoms. The topological polar surface area (TPSA) is 86.8 Å². The molecule has 0 saturated carbocycles. The van der Waals surface area contributed by atoms with Crippen molar-refractivity contribution in [1.29, 1.82) is 0 Å². The van der Waals surface area contributed by atoms with Gasteiger partial charge in [-0.3, -0.25) is 13.9 Å². The van der Waals surface area contributed by atoms with Crippen LogP contribution in [0.1, 0.15) is 39.2 Å². The van der Waals surface area contributed by atoms with Gasteiger partial charge in [0, 0.05) is 17.6 Å². The Morgan fingerprint density at radius 2 is 1.63 bits per heavy atom. The van der Waals surface area contributed by atoms with Gasteiger partial charge in [-0.2, -0.15) is 0 Å². The van der Waals surface area contributed by atoms with Crippen LogP contribution in [-0.4, -0.2) is 50.0 Å². The molecule has 0 radical (unpaired) electrons. The molecular formula is C24H30Cl3N3O4S. The molecule has 35 heavy (non-hydrogen) atoms. The fourth-order valence-electron chi connectivity index (χ4n) is 3.43. The van der Waals surface area contributed by atoms with Crippen LogP contribution in [0.15, 0.2) is 42.5 Å². The van der Waals surface area contributed by atoms with Crippen LogP contribution in [0, 0.1) is 0 Å². The summed E-state index contributed by atoms with van der Waals surface area (Å²) >= 11 is 18.4. The zero-order valence-electron chi connectivity index (χ0n) is 20.1. The van der Waals surface area contributed by atoms with Gasteiger partial charge in [0.15, 0.2) is 0 Å². The standard InChI is InChI=1S/C24H30Cl3N3O4S/c1-5-16(3)28-24(32)20(6-2)29(14-17-10-12-18(25)13-11-17)22(31)15-30(35(4,33)34)21-9-7-8-19(26)23(21)27/h7-13,16,20H,5-6,14-15H2,1-4H3,(H,28,32)/t16-,20-/m1/s1. The first-order valence-corrected chi connectivity index (χ1v) is 14.1. The van der Waals surface area contributed by atoms with E-state index in [0.717, 1.165) is 22.5 Å². The minimum atomic E-state index is -3.92. The summed E-state index contributed by atoms with van der Waals surface area (Å²) < 4.78 is 26.2. The third-order valence-corrected chi connectivity index (χ3v) is 7.72. The van der Waals surface area contributed by atoms with Crippen molar-refractivity contribution in [3.05, 3.63) is 63.1 Å². The Balaban J connectivity index is 2.47. The number of carbonyl (C=O) groups is 2. The highest BCUT2D eigenvalue weighted by Crippen LogP contribution is 2.33. The van der Waals surface area contributed by atoms with E-state index in [-0.39, 0.29) is 34.2 Å². The first-order valence-electron chi connectivity index (χ1n) is 11.1. The average molecular weight is 563 g/mol. The number of nitrogens with one attached hydrogen (secondary N) is 1. The van der Waals surface area contributed by atoms with Crippen LogP contribution in [0.2, 0.25) is 15.1 Å². The number of carbonyl (C=O) groups excluding carboxylic acids is 2. The van der Waals surface area contributed by atoms with Crippen LogP contribution in [0.3, 0.4) is 0 Å². The fraction of sp³-hybridized carbons (Fsp3) is 0.417. The lowest BCUT2D eigenvalue weighted by atomic mass is 10.1. The Kier molecular flexibility index (Phi) is 10.7. The lowest BCUT2D eigenvalue weighted by Gasteiger charge is -2.33. The maximum absolute atomic E-state index is 13.6. The molecule has 0 unspecified atom stereocenters. The lowest BCUT2D eigenvalue weighted by Crippen LogP contribution is -2.53. The highest BCUT2D eigenvalue weighted by atomic mass is 35.5.